The maximum atomic E-state index is 6.02. The molecule has 3 rings (SSSR count). The van der Waals surface area contributed by atoms with Crippen LogP contribution in [0.15, 0.2) is 50.0 Å². The predicted octanol–water partition coefficient (Wildman–Crippen LogP) is 4.32. The summed E-state index contributed by atoms with van der Waals surface area (Å²) in [5.74, 6) is 1.81. The lowest BCUT2D eigenvalue weighted by Gasteiger charge is -2.05. The minimum atomic E-state index is 0.129. The normalized spacial score (nSPS) is 10.7. The molecule has 7 heteroatoms. The monoisotopic (exact) mass is 354 g/mol. The molecule has 102 valence electrons. The molecular formula is C13H8BrClN2O3. The Morgan fingerprint density at radius 3 is 3.00 bits per heavy atom. The second kappa shape index (κ2) is 5.68. The van der Waals surface area contributed by atoms with Gasteiger partial charge in [-0.25, -0.2) is 0 Å². The fourth-order valence-corrected chi connectivity index (χ4v) is 2.06. The van der Waals surface area contributed by atoms with Crippen LogP contribution >= 0.6 is 27.5 Å². The lowest BCUT2D eigenvalue weighted by Crippen LogP contribution is -1.96. The van der Waals surface area contributed by atoms with Crippen LogP contribution in [0.25, 0.3) is 11.6 Å². The summed E-state index contributed by atoms with van der Waals surface area (Å²) >= 11 is 9.37. The van der Waals surface area contributed by atoms with Gasteiger partial charge in [0.05, 0.1) is 11.3 Å². The highest BCUT2D eigenvalue weighted by atomic mass is 79.9. The second-order valence-electron chi connectivity index (χ2n) is 3.85. The van der Waals surface area contributed by atoms with E-state index in [1.807, 2.05) is 6.07 Å². The van der Waals surface area contributed by atoms with Crippen LogP contribution in [-0.2, 0) is 6.61 Å². The third kappa shape index (κ3) is 2.86. The lowest BCUT2D eigenvalue weighted by molar-refractivity contribution is 0.243. The number of aromatic nitrogens is 2. The molecule has 1 aromatic carbocycles. The average molecular weight is 356 g/mol. The van der Waals surface area contributed by atoms with Crippen molar-refractivity contribution in [1.82, 2.24) is 10.1 Å². The predicted molar refractivity (Wildman–Crippen MR) is 75.5 cm³/mol. The maximum absolute atomic E-state index is 6.02. The van der Waals surface area contributed by atoms with Gasteiger partial charge in [0.25, 0.3) is 5.89 Å². The summed E-state index contributed by atoms with van der Waals surface area (Å²) in [7, 11) is 0. The van der Waals surface area contributed by atoms with Crippen LogP contribution in [0, 0.1) is 0 Å². The van der Waals surface area contributed by atoms with E-state index in [1.54, 1.807) is 30.5 Å². The van der Waals surface area contributed by atoms with Crippen molar-refractivity contribution >= 4 is 27.5 Å². The highest BCUT2D eigenvalue weighted by Crippen LogP contribution is 2.28. The van der Waals surface area contributed by atoms with Gasteiger partial charge in [0.15, 0.2) is 12.4 Å². The maximum Gasteiger partial charge on any atom is 0.264 e. The van der Waals surface area contributed by atoms with E-state index in [1.165, 1.54) is 0 Å². The van der Waals surface area contributed by atoms with E-state index in [2.05, 4.69) is 26.1 Å². The van der Waals surface area contributed by atoms with Gasteiger partial charge < -0.3 is 13.7 Å². The lowest BCUT2D eigenvalue weighted by atomic mass is 10.3. The number of halogens is 2. The summed E-state index contributed by atoms with van der Waals surface area (Å²) < 4.78 is 16.7. The Morgan fingerprint density at radius 1 is 1.30 bits per heavy atom. The Morgan fingerprint density at radius 2 is 2.20 bits per heavy atom. The summed E-state index contributed by atoms with van der Waals surface area (Å²) in [6.45, 7) is 0.129. The molecule has 0 amide bonds. The van der Waals surface area contributed by atoms with E-state index in [9.17, 15) is 0 Å². The van der Waals surface area contributed by atoms with Crippen molar-refractivity contribution in [3.05, 3.63) is 52.0 Å². The van der Waals surface area contributed by atoms with Crippen molar-refractivity contribution in [2.24, 2.45) is 0 Å². The second-order valence-corrected chi connectivity index (χ2v) is 5.18. The van der Waals surface area contributed by atoms with Gasteiger partial charge in [-0.05, 0) is 30.3 Å². The van der Waals surface area contributed by atoms with Gasteiger partial charge in [0, 0.05) is 4.47 Å². The van der Waals surface area contributed by atoms with E-state index in [-0.39, 0.29) is 6.61 Å². The fourth-order valence-electron chi connectivity index (χ4n) is 1.55. The van der Waals surface area contributed by atoms with Gasteiger partial charge in [0.1, 0.15) is 5.75 Å². The standard InChI is InChI=1S/C13H8BrClN2O3/c14-8-3-4-9(15)11(6-8)19-7-12-16-13(17-20-12)10-2-1-5-18-10/h1-6H,7H2. The molecule has 0 aliphatic rings. The first-order chi connectivity index (χ1) is 9.72. The number of ether oxygens (including phenoxy) is 1. The first-order valence-corrected chi connectivity index (χ1v) is 6.84. The van der Waals surface area contributed by atoms with Crippen molar-refractivity contribution in [3.8, 4) is 17.3 Å². The number of rotatable bonds is 4. The van der Waals surface area contributed by atoms with Crippen LogP contribution in [0.2, 0.25) is 5.02 Å². The zero-order chi connectivity index (χ0) is 13.9. The van der Waals surface area contributed by atoms with Crippen LogP contribution < -0.4 is 4.74 Å². The smallest absolute Gasteiger partial charge is 0.264 e. The molecule has 0 aliphatic carbocycles. The van der Waals surface area contributed by atoms with Gasteiger partial charge in [-0.3, -0.25) is 0 Å². The van der Waals surface area contributed by atoms with Crippen molar-refractivity contribution in [2.75, 3.05) is 0 Å². The molecule has 0 aliphatic heterocycles. The molecule has 0 unspecified atom stereocenters. The number of furan rings is 1. The Hall–Kier alpha value is -1.79. The Balaban J connectivity index is 1.71. The summed E-state index contributed by atoms with van der Waals surface area (Å²) in [5.41, 5.74) is 0. The Kier molecular flexibility index (Phi) is 3.75. The molecule has 0 saturated carbocycles. The van der Waals surface area contributed by atoms with E-state index in [0.29, 0.717) is 28.2 Å². The molecule has 2 aromatic heterocycles. The molecule has 2 heterocycles. The van der Waals surface area contributed by atoms with Crippen LogP contribution in [0.4, 0.5) is 0 Å². The third-order valence-electron chi connectivity index (χ3n) is 2.45. The summed E-state index contributed by atoms with van der Waals surface area (Å²) in [6.07, 6.45) is 1.54. The molecular weight excluding hydrogens is 348 g/mol. The molecule has 0 N–H and O–H groups in total. The molecule has 0 radical (unpaired) electrons. The third-order valence-corrected chi connectivity index (χ3v) is 3.26. The largest absolute Gasteiger partial charge is 0.482 e. The first-order valence-electron chi connectivity index (χ1n) is 5.67. The van der Waals surface area contributed by atoms with Crippen LogP contribution in [0.3, 0.4) is 0 Å². The van der Waals surface area contributed by atoms with Gasteiger partial charge >= 0.3 is 0 Å². The van der Waals surface area contributed by atoms with Gasteiger partial charge in [-0.1, -0.05) is 32.7 Å². The molecule has 0 bridgehead atoms. The zero-order valence-corrected chi connectivity index (χ0v) is 12.4. The van der Waals surface area contributed by atoms with E-state index in [0.717, 1.165) is 4.47 Å². The average Bonchev–Trinajstić information content (AvgIpc) is 3.09. The van der Waals surface area contributed by atoms with Gasteiger partial charge in [0.2, 0.25) is 5.82 Å². The van der Waals surface area contributed by atoms with Crippen molar-refractivity contribution in [1.29, 1.82) is 0 Å². The van der Waals surface area contributed by atoms with E-state index < -0.39 is 0 Å². The molecule has 3 aromatic rings. The first kappa shape index (κ1) is 13.2. The molecule has 20 heavy (non-hydrogen) atoms. The van der Waals surface area contributed by atoms with Crippen molar-refractivity contribution < 1.29 is 13.7 Å². The minimum absolute atomic E-state index is 0.129. The van der Waals surface area contributed by atoms with Crippen LogP contribution in [0.5, 0.6) is 5.75 Å². The SMILES string of the molecule is Clc1ccc(Br)cc1OCc1nc(-c2ccco2)no1. The number of hydrogen-bond acceptors (Lipinski definition) is 5. The van der Waals surface area contributed by atoms with Crippen molar-refractivity contribution in [3.63, 3.8) is 0 Å². The highest BCUT2D eigenvalue weighted by molar-refractivity contribution is 9.10. The molecule has 0 saturated heterocycles. The van der Waals surface area contributed by atoms with Crippen LogP contribution in [-0.4, -0.2) is 10.1 Å². The Bertz CT molecular complexity index is 712. The van der Waals surface area contributed by atoms with Crippen LogP contribution in [0.1, 0.15) is 5.89 Å². The minimum Gasteiger partial charge on any atom is -0.482 e. The molecule has 5 nitrogen and oxygen atoms in total. The quantitative estimate of drug-likeness (QED) is 0.697. The highest BCUT2D eigenvalue weighted by Gasteiger charge is 2.12. The summed E-state index contributed by atoms with van der Waals surface area (Å²) in [6, 6.07) is 8.84. The molecule has 0 atom stereocenters. The zero-order valence-electron chi connectivity index (χ0n) is 10.0. The topological polar surface area (TPSA) is 61.3 Å². The van der Waals surface area contributed by atoms with Gasteiger partial charge in [-0.15, -0.1) is 0 Å². The molecule has 0 fully saturated rings. The molecule has 0 spiro atoms. The number of benzene rings is 1. The number of nitrogens with zero attached hydrogens (tertiary/aromatic N) is 2. The van der Waals surface area contributed by atoms with Crippen molar-refractivity contribution in [2.45, 2.75) is 6.61 Å². The number of hydrogen-bond donors (Lipinski definition) is 0. The Labute approximate surface area is 127 Å². The van der Waals surface area contributed by atoms with E-state index >= 15 is 0 Å². The summed E-state index contributed by atoms with van der Waals surface area (Å²) in [4.78, 5) is 4.17. The van der Waals surface area contributed by atoms with Gasteiger partial charge in [-0.2, -0.15) is 4.98 Å². The summed E-state index contributed by atoms with van der Waals surface area (Å²) in [5, 5.41) is 4.32. The van der Waals surface area contributed by atoms with E-state index in [4.69, 9.17) is 25.3 Å². The fraction of sp³-hybridized carbons (Fsp3) is 0.0769.